The molecule has 0 radical (unpaired) electrons. The highest BCUT2D eigenvalue weighted by molar-refractivity contribution is 5.44. The van der Waals surface area contributed by atoms with Gasteiger partial charge >= 0.3 is 6.36 Å². The molecule has 21 heavy (non-hydrogen) atoms. The van der Waals surface area contributed by atoms with Gasteiger partial charge in [0.25, 0.3) is 0 Å². The lowest BCUT2D eigenvalue weighted by Gasteiger charge is -2.36. The molecule has 1 aliphatic rings. The zero-order valence-electron chi connectivity index (χ0n) is 11.9. The van der Waals surface area contributed by atoms with Gasteiger partial charge in [0.05, 0.1) is 6.61 Å². The van der Waals surface area contributed by atoms with Crippen LogP contribution in [0.1, 0.15) is 31.9 Å². The zero-order valence-corrected chi connectivity index (χ0v) is 11.9. The summed E-state index contributed by atoms with van der Waals surface area (Å²) >= 11 is 0. The predicted octanol–water partition coefficient (Wildman–Crippen LogP) is 3.16. The Kier molecular flexibility index (Phi) is 4.34. The second-order valence-corrected chi connectivity index (χ2v) is 5.51. The molecule has 1 atom stereocenters. The predicted molar refractivity (Wildman–Crippen MR) is 70.2 cm³/mol. The molecule has 2 rings (SSSR count). The van der Waals surface area contributed by atoms with Crippen LogP contribution in [0.5, 0.6) is 11.5 Å². The Bertz CT molecular complexity index is 503. The molecule has 0 aliphatic carbocycles. The third-order valence-corrected chi connectivity index (χ3v) is 3.10. The molecular weight excluding hydrogens is 287 g/mol. The van der Waals surface area contributed by atoms with Gasteiger partial charge < -0.3 is 15.2 Å². The molecule has 0 aromatic heterocycles. The first-order valence-electron chi connectivity index (χ1n) is 6.58. The second-order valence-electron chi connectivity index (χ2n) is 5.51. The topological polar surface area (TPSA) is 53.7 Å². The molecule has 2 N–H and O–H groups in total. The molecule has 0 amide bonds. The van der Waals surface area contributed by atoms with E-state index in [0.717, 1.165) is 5.56 Å². The Hall–Kier alpha value is -1.47. The van der Waals surface area contributed by atoms with E-state index in [1.165, 1.54) is 0 Å². The lowest BCUT2D eigenvalue weighted by Crippen LogP contribution is -2.37. The van der Waals surface area contributed by atoms with Crippen LogP contribution in [0.2, 0.25) is 0 Å². The number of fused-ring (bicyclic) bond motifs is 1. The van der Waals surface area contributed by atoms with Crippen molar-refractivity contribution in [2.75, 3.05) is 13.2 Å². The lowest BCUT2D eigenvalue weighted by molar-refractivity contribution is -0.325. The van der Waals surface area contributed by atoms with Crippen molar-refractivity contribution < 1.29 is 27.4 Å². The van der Waals surface area contributed by atoms with Crippen LogP contribution in [0, 0.1) is 0 Å². The maximum atomic E-state index is 11.8. The molecule has 1 aromatic rings. The van der Waals surface area contributed by atoms with Gasteiger partial charge in [0.15, 0.2) is 0 Å². The number of hydrogen-bond donors (Lipinski definition) is 1. The third-order valence-electron chi connectivity index (χ3n) is 3.10. The number of alkyl halides is 3. The summed E-state index contributed by atoms with van der Waals surface area (Å²) in [7, 11) is 0. The van der Waals surface area contributed by atoms with Gasteiger partial charge in [-0.15, -0.1) is 13.2 Å². The minimum absolute atomic E-state index is 0.133. The summed E-state index contributed by atoms with van der Waals surface area (Å²) < 4.78 is 50.2. The van der Waals surface area contributed by atoms with E-state index in [2.05, 4.69) is 4.74 Å². The van der Waals surface area contributed by atoms with E-state index < -0.39 is 13.0 Å². The van der Waals surface area contributed by atoms with E-state index >= 15 is 0 Å². The number of benzene rings is 1. The van der Waals surface area contributed by atoms with Gasteiger partial charge in [-0.3, -0.25) is 4.74 Å². The van der Waals surface area contributed by atoms with Gasteiger partial charge in [-0.2, -0.15) is 0 Å². The van der Waals surface area contributed by atoms with Crippen molar-refractivity contribution in [1.29, 1.82) is 0 Å². The molecule has 0 spiro atoms. The second kappa shape index (κ2) is 5.73. The fraction of sp³-hybridized carbons (Fsp3) is 0.571. The molecule has 0 saturated carbocycles. The molecule has 0 fully saturated rings. The van der Waals surface area contributed by atoms with Crippen LogP contribution in [0.25, 0.3) is 0 Å². The van der Waals surface area contributed by atoms with Crippen LogP contribution in [0.3, 0.4) is 0 Å². The number of rotatable bonds is 4. The van der Waals surface area contributed by atoms with Gasteiger partial charge in [0.1, 0.15) is 23.7 Å². The zero-order chi connectivity index (χ0) is 15.7. The van der Waals surface area contributed by atoms with Crippen molar-refractivity contribution in [3.05, 3.63) is 23.8 Å². The van der Waals surface area contributed by atoms with E-state index in [9.17, 15) is 13.2 Å². The first kappa shape index (κ1) is 15.9. The van der Waals surface area contributed by atoms with Crippen molar-refractivity contribution in [2.24, 2.45) is 5.73 Å². The third kappa shape index (κ3) is 4.50. The number of nitrogens with two attached hydrogens (primary N) is 1. The first-order chi connectivity index (χ1) is 9.66. The lowest BCUT2D eigenvalue weighted by atomic mass is 9.90. The van der Waals surface area contributed by atoms with Gasteiger partial charge in [-0.1, -0.05) is 6.07 Å². The summed E-state index contributed by atoms with van der Waals surface area (Å²) in [6.45, 7) is 3.10. The van der Waals surface area contributed by atoms with E-state index in [1.807, 2.05) is 13.8 Å². The molecule has 0 bridgehead atoms. The van der Waals surface area contributed by atoms with Gasteiger partial charge in [-0.05, 0) is 19.9 Å². The summed E-state index contributed by atoms with van der Waals surface area (Å²) in [4.78, 5) is 0. The quantitative estimate of drug-likeness (QED) is 0.868. The standard InChI is InChI=1S/C14H18F3NO3/c1-13(2)8-11(18)10-4-3-9(7-12(10)21-13)19-5-6-20-14(15,16)17/h3-4,7,11H,5-6,8,18H2,1-2H3. The van der Waals surface area contributed by atoms with Crippen LogP contribution >= 0.6 is 0 Å². The average Bonchev–Trinajstić information content (AvgIpc) is 2.31. The fourth-order valence-electron chi connectivity index (χ4n) is 2.29. The minimum atomic E-state index is -4.64. The Labute approximate surface area is 121 Å². The summed E-state index contributed by atoms with van der Waals surface area (Å²) in [6.07, 6.45) is -3.95. The Morgan fingerprint density at radius 2 is 2.05 bits per heavy atom. The smallest absolute Gasteiger partial charge is 0.491 e. The number of ether oxygens (including phenoxy) is 3. The highest BCUT2D eigenvalue weighted by atomic mass is 19.4. The van der Waals surface area contributed by atoms with E-state index in [-0.39, 0.29) is 18.2 Å². The summed E-state index contributed by atoms with van der Waals surface area (Å²) in [5.41, 5.74) is 6.56. The minimum Gasteiger partial charge on any atom is -0.491 e. The maximum absolute atomic E-state index is 11.8. The molecule has 1 heterocycles. The van der Waals surface area contributed by atoms with Crippen molar-refractivity contribution in [3.63, 3.8) is 0 Å². The summed E-state index contributed by atoms with van der Waals surface area (Å²) in [5.74, 6) is 1.03. The highest BCUT2D eigenvalue weighted by Crippen LogP contribution is 2.39. The molecule has 1 unspecified atom stereocenters. The molecule has 0 saturated heterocycles. The van der Waals surface area contributed by atoms with E-state index in [0.29, 0.717) is 17.9 Å². The molecule has 4 nitrogen and oxygen atoms in total. The number of halogens is 3. The molecule has 1 aromatic carbocycles. The van der Waals surface area contributed by atoms with Gasteiger partial charge in [0.2, 0.25) is 0 Å². The van der Waals surface area contributed by atoms with Crippen LogP contribution in [0.4, 0.5) is 13.2 Å². The van der Waals surface area contributed by atoms with E-state index in [4.69, 9.17) is 15.2 Å². The molecule has 118 valence electrons. The van der Waals surface area contributed by atoms with Crippen LogP contribution in [0.15, 0.2) is 18.2 Å². The Morgan fingerprint density at radius 1 is 1.33 bits per heavy atom. The van der Waals surface area contributed by atoms with Crippen LogP contribution in [-0.2, 0) is 4.74 Å². The average molecular weight is 305 g/mol. The number of hydrogen-bond acceptors (Lipinski definition) is 4. The van der Waals surface area contributed by atoms with Crippen LogP contribution in [-0.4, -0.2) is 25.2 Å². The molecule has 7 heteroatoms. The molecule has 1 aliphatic heterocycles. The monoisotopic (exact) mass is 305 g/mol. The first-order valence-corrected chi connectivity index (χ1v) is 6.58. The van der Waals surface area contributed by atoms with Crippen LogP contribution < -0.4 is 15.2 Å². The Morgan fingerprint density at radius 3 is 2.71 bits per heavy atom. The maximum Gasteiger partial charge on any atom is 0.522 e. The normalized spacial score (nSPS) is 20.6. The Balaban J connectivity index is 1.98. The largest absolute Gasteiger partial charge is 0.522 e. The van der Waals surface area contributed by atoms with Crippen molar-refractivity contribution in [2.45, 2.75) is 38.3 Å². The van der Waals surface area contributed by atoms with E-state index in [1.54, 1.807) is 18.2 Å². The van der Waals surface area contributed by atoms with Crippen molar-refractivity contribution in [1.82, 2.24) is 0 Å². The molecular formula is C14H18F3NO3. The SMILES string of the molecule is CC1(C)CC(N)c2ccc(OCCOC(F)(F)F)cc2O1. The van der Waals surface area contributed by atoms with Crippen molar-refractivity contribution in [3.8, 4) is 11.5 Å². The fourth-order valence-corrected chi connectivity index (χ4v) is 2.29. The van der Waals surface area contributed by atoms with Crippen molar-refractivity contribution >= 4 is 0 Å². The van der Waals surface area contributed by atoms with Gasteiger partial charge in [0, 0.05) is 24.1 Å². The highest BCUT2D eigenvalue weighted by Gasteiger charge is 2.32. The van der Waals surface area contributed by atoms with Gasteiger partial charge in [-0.25, -0.2) is 0 Å². The summed E-state index contributed by atoms with van der Waals surface area (Å²) in [6, 6.07) is 4.94. The summed E-state index contributed by atoms with van der Waals surface area (Å²) in [5, 5.41) is 0.